The Bertz CT molecular complexity index is 1560. The van der Waals surface area contributed by atoms with Crippen LogP contribution in [0.15, 0.2) is 44.7 Å². The van der Waals surface area contributed by atoms with Crippen molar-refractivity contribution in [3.05, 3.63) is 77.5 Å². The van der Waals surface area contributed by atoms with Gasteiger partial charge in [0.1, 0.15) is 23.3 Å². The number of rotatable bonds is 4. The van der Waals surface area contributed by atoms with Gasteiger partial charge in [0.25, 0.3) is 11.1 Å². The Balaban J connectivity index is 1.82. The molecule has 0 aliphatic carbocycles. The molecule has 12 heteroatoms. The van der Waals surface area contributed by atoms with Crippen molar-refractivity contribution in [2.45, 2.75) is 13.0 Å². The quantitative estimate of drug-likeness (QED) is 0.532. The highest BCUT2D eigenvalue weighted by Gasteiger charge is 2.47. The molecular weight excluding hydrogens is 500 g/mol. The number of halogens is 3. The zero-order chi connectivity index (χ0) is 24.9. The SMILES string of the molecule is N#CCn1c(N2CC3(CCOC3)C2)c(-c2ccc(F)c(Cl)c2)c(=O)n(-c2cc(Cl)[nH]c(=O)c2)c1=O. The lowest BCUT2D eigenvalue weighted by molar-refractivity contribution is 0.130. The minimum atomic E-state index is -0.811. The van der Waals surface area contributed by atoms with Gasteiger partial charge in [0.15, 0.2) is 0 Å². The first-order chi connectivity index (χ1) is 16.7. The van der Waals surface area contributed by atoms with Crippen molar-refractivity contribution >= 4 is 29.0 Å². The molecular formula is C23H18Cl2FN5O4. The Kier molecular flexibility index (Phi) is 5.79. The Hall–Kier alpha value is -3.39. The molecule has 0 bridgehead atoms. The first-order valence-corrected chi connectivity index (χ1v) is 11.4. The van der Waals surface area contributed by atoms with Gasteiger partial charge >= 0.3 is 5.69 Å². The maximum Gasteiger partial charge on any atom is 0.338 e. The monoisotopic (exact) mass is 517 g/mol. The summed E-state index contributed by atoms with van der Waals surface area (Å²) in [5.74, 6) is -0.441. The molecule has 2 fully saturated rings. The molecule has 4 heterocycles. The zero-order valence-electron chi connectivity index (χ0n) is 18.2. The first kappa shape index (κ1) is 23.4. The molecule has 9 nitrogen and oxygen atoms in total. The fraction of sp³-hybridized carbons (Fsp3) is 0.304. The molecule has 2 aliphatic rings. The number of benzene rings is 1. The van der Waals surface area contributed by atoms with Crippen LogP contribution in [0.4, 0.5) is 10.2 Å². The number of ether oxygens (including phenoxy) is 1. The number of nitrogens with zero attached hydrogens (tertiary/aromatic N) is 4. The summed E-state index contributed by atoms with van der Waals surface area (Å²) < 4.78 is 21.4. The van der Waals surface area contributed by atoms with Crippen LogP contribution in [-0.4, -0.2) is 40.4 Å². The lowest BCUT2D eigenvalue weighted by Crippen LogP contribution is -2.59. The molecule has 5 rings (SSSR count). The third-order valence-electron chi connectivity index (χ3n) is 6.35. The predicted octanol–water partition coefficient (Wildman–Crippen LogP) is 2.55. The van der Waals surface area contributed by atoms with E-state index in [9.17, 15) is 24.0 Å². The second-order valence-electron chi connectivity index (χ2n) is 8.70. The number of nitriles is 1. The number of hydrogen-bond donors (Lipinski definition) is 1. The highest BCUT2D eigenvalue weighted by Crippen LogP contribution is 2.43. The van der Waals surface area contributed by atoms with E-state index in [2.05, 4.69) is 4.98 Å². The molecule has 0 radical (unpaired) electrons. The summed E-state index contributed by atoms with van der Waals surface area (Å²) in [6.45, 7) is 1.85. The molecule has 1 spiro atoms. The van der Waals surface area contributed by atoms with Gasteiger partial charge in [-0.2, -0.15) is 5.26 Å². The van der Waals surface area contributed by atoms with Crippen molar-refractivity contribution in [3.63, 3.8) is 0 Å². The van der Waals surface area contributed by atoms with E-state index in [1.165, 1.54) is 22.8 Å². The highest BCUT2D eigenvalue weighted by atomic mass is 35.5. The zero-order valence-corrected chi connectivity index (χ0v) is 19.7. The van der Waals surface area contributed by atoms with Gasteiger partial charge in [-0.15, -0.1) is 0 Å². The molecule has 0 saturated carbocycles. The summed E-state index contributed by atoms with van der Waals surface area (Å²) in [6.07, 6.45) is 0.839. The number of hydrogen-bond acceptors (Lipinski definition) is 6. The van der Waals surface area contributed by atoms with E-state index in [1.54, 1.807) is 0 Å². The summed E-state index contributed by atoms with van der Waals surface area (Å²) in [5, 5.41) is 9.24. The lowest BCUT2D eigenvalue weighted by Gasteiger charge is -2.49. The average molecular weight is 518 g/mol. The first-order valence-electron chi connectivity index (χ1n) is 10.7. The van der Waals surface area contributed by atoms with Crippen LogP contribution in [0.3, 0.4) is 0 Å². The minimum absolute atomic E-state index is 0.0481. The predicted molar refractivity (Wildman–Crippen MR) is 128 cm³/mol. The number of aromatic amines is 1. The summed E-state index contributed by atoms with van der Waals surface area (Å²) in [7, 11) is 0. The standard InChI is InChI=1S/C23H18Cl2FN5O4/c24-15-7-13(1-2-16(15)26)19-20(29-10-23(11-29)3-6-35-12-23)30(5-4-27)22(34)31(21(19)33)14-8-17(25)28-18(32)9-14/h1-2,7-9H,3,5-6,10-12H2,(H,28,32). The normalized spacial score (nSPS) is 16.3. The number of aromatic nitrogens is 3. The van der Waals surface area contributed by atoms with Crippen LogP contribution < -0.4 is 21.7 Å². The molecule has 3 aromatic rings. The van der Waals surface area contributed by atoms with Gasteiger partial charge in [-0.05, 0) is 30.2 Å². The van der Waals surface area contributed by atoms with Gasteiger partial charge < -0.3 is 14.6 Å². The fourth-order valence-electron chi connectivity index (χ4n) is 4.75. The van der Waals surface area contributed by atoms with Gasteiger partial charge in [-0.1, -0.05) is 29.3 Å². The van der Waals surface area contributed by atoms with Crippen LogP contribution >= 0.6 is 23.2 Å². The number of H-pyrrole nitrogens is 1. The van der Waals surface area contributed by atoms with Gasteiger partial charge in [-0.25, -0.2) is 13.8 Å². The summed E-state index contributed by atoms with van der Waals surface area (Å²) in [6, 6.07) is 8.08. The molecule has 180 valence electrons. The van der Waals surface area contributed by atoms with Crippen molar-refractivity contribution in [1.29, 1.82) is 5.26 Å². The molecule has 1 N–H and O–H groups in total. The van der Waals surface area contributed by atoms with Crippen molar-refractivity contribution in [1.82, 2.24) is 14.1 Å². The number of anilines is 1. The summed E-state index contributed by atoms with van der Waals surface area (Å²) in [4.78, 5) is 43.7. The molecule has 0 amide bonds. The van der Waals surface area contributed by atoms with Crippen LogP contribution in [-0.2, 0) is 11.3 Å². The third kappa shape index (κ3) is 3.95. The van der Waals surface area contributed by atoms with E-state index >= 15 is 0 Å². The van der Waals surface area contributed by atoms with E-state index in [1.807, 2.05) is 11.0 Å². The van der Waals surface area contributed by atoms with Crippen molar-refractivity contribution in [3.8, 4) is 22.9 Å². The van der Waals surface area contributed by atoms with Gasteiger partial charge in [0, 0.05) is 31.2 Å². The number of pyridine rings is 1. The molecule has 0 atom stereocenters. The minimum Gasteiger partial charge on any atom is -0.381 e. The molecule has 2 saturated heterocycles. The largest absolute Gasteiger partial charge is 0.381 e. The molecule has 0 unspecified atom stereocenters. The van der Waals surface area contributed by atoms with Crippen molar-refractivity contribution in [2.24, 2.45) is 5.41 Å². The molecule has 35 heavy (non-hydrogen) atoms. The van der Waals surface area contributed by atoms with E-state index < -0.39 is 22.6 Å². The van der Waals surface area contributed by atoms with Gasteiger partial charge in [-0.3, -0.25) is 14.2 Å². The Morgan fingerprint density at radius 2 is 1.94 bits per heavy atom. The van der Waals surface area contributed by atoms with Crippen LogP contribution in [0.2, 0.25) is 10.2 Å². The highest BCUT2D eigenvalue weighted by molar-refractivity contribution is 6.31. The van der Waals surface area contributed by atoms with Crippen LogP contribution in [0.5, 0.6) is 0 Å². The van der Waals surface area contributed by atoms with E-state index in [0.29, 0.717) is 26.3 Å². The van der Waals surface area contributed by atoms with Crippen molar-refractivity contribution < 1.29 is 9.13 Å². The van der Waals surface area contributed by atoms with Crippen LogP contribution in [0.25, 0.3) is 16.8 Å². The maximum atomic E-state index is 14.0. The topological polar surface area (TPSA) is 113 Å². The number of nitrogens with one attached hydrogen (secondary N) is 1. The van der Waals surface area contributed by atoms with Gasteiger partial charge in [0.2, 0.25) is 0 Å². The Labute approximate surface area is 207 Å². The van der Waals surface area contributed by atoms with Gasteiger partial charge in [0.05, 0.1) is 28.9 Å². The van der Waals surface area contributed by atoms with E-state index in [0.717, 1.165) is 23.1 Å². The summed E-state index contributed by atoms with van der Waals surface area (Å²) >= 11 is 12.0. The Morgan fingerprint density at radius 1 is 1.17 bits per heavy atom. The maximum absolute atomic E-state index is 14.0. The van der Waals surface area contributed by atoms with E-state index in [-0.39, 0.29) is 44.8 Å². The average Bonchev–Trinajstić information content (AvgIpc) is 3.26. The third-order valence-corrected chi connectivity index (χ3v) is 6.84. The Morgan fingerprint density at radius 3 is 2.57 bits per heavy atom. The van der Waals surface area contributed by atoms with Crippen molar-refractivity contribution in [2.75, 3.05) is 31.2 Å². The lowest BCUT2D eigenvalue weighted by atomic mass is 9.79. The smallest absolute Gasteiger partial charge is 0.338 e. The fourth-order valence-corrected chi connectivity index (χ4v) is 5.14. The second-order valence-corrected chi connectivity index (χ2v) is 9.52. The molecule has 1 aromatic carbocycles. The molecule has 2 aromatic heterocycles. The second kappa shape index (κ2) is 8.68. The van der Waals surface area contributed by atoms with E-state index in [4.69, 9.17) is 27.9 Å². The van der Waals surface area contributed by atoms with Crippen LogP contribution in [0.1, 0.15) is 6.42 Å². The van der Waals surface area contributed by atoms with Crippen LogP contribution in [0, 0.1) is 22.6 Å². The summed E-state index contributed by atoms with van der Waals surface area (Å²) in [5.41, 5.74) is -2.04. The molecule has 2 aliphatic heterocycles.